The summed E-state index contributed by atoms with van der Waals surface area (Å²) in [5.41, 5.74) is 0.834. The standard InChI is InChI=1S/C16H28N6O3.HI/c1-4-17-16(18-5-8-25-10-9-24-3)21-6-7-22(15(23)13-21)14-11-19-20(2)12-14;/h11-12H,4-10,13H2,1-3H3,(H,17,18);1H. The number of rotatable bonds is 8. The van der Waals surface area contributed by atoms with E-state index in [-0.39, 0.29) is 29.9 Å². The molecular formula is C16H29IN6O3. The van der Waals surface area contributed by atoms with Gasteiger partial charge in [-0.2, -0.15) is 5.10 Å². The quantitative estimate of drug-likeness (QED) is 0.250. The Bertz CT molecular complexity index is 580. The van der Waals surface area contributed by atoms with Gasteiger partial charge in [0.2, 0.25) is 5.91 Å². The van der Waals surface area contributed by atoms with Crippen LogP contribution in [0.4, 0.5) is 5.69 Å². The summed E-state index contributed by atoms with van der Waals surface area (Å²) in [5.74, 6) is 0.790. The minimum atomic E-state index is 0. The van der Waals surface area contributed by atoms with Gasteiger partial charge in [-0.1, -0.05) is 0 Å². The van der Waals surface area contributed by atoms with Gasteiger partial charge in [0.25, 0.3) is 0 Å². The second-order valence-corrected chi connectivity index (χ2v) is 5.68. The molecule has 9 nitrogen and oxygen atoms in total. The minimum Gasteiger partial charge on any atom is -0.382 e. The normalized spacial score (nSPS) is 15.2. The second kappa shape index (κ2) is 12.1. The number of nitrogens with zero attached hydrogens (tertiary/aromatic N) is 5. The molecule has 0 unspecified atom stereocenters. The van der Waals surface area contributed by atoms with E-state index in [2.05, 4.69) is 15.4 Å². The Balaban J connectivity index is 0.00000338. The zero-order chi connectivity index (χ0) is 18.1. The number of amides is 1. The average Bonchev–Trinajstić information content (AvgIpc) is 3.03. The maximum absolute atomic E-state index is 12.5. The van der Waals surface area contributed by atoms with Crippen molar-refractivity contribution in [3.63, 3.8) is 0 Å². The molecule has 0 bridgehead atoms. The van der Waals surface area contributed by atoms with E-state index in [1.165, 1.54) is 0 Å². The highest BCUT2D eigenvalue weighted by Crippen LogP contribution is 2.16. The number of aliphatic imine (C=N–C) groups is 1. The third-order valence-electron chi connectivity index (χ3n) is 3.79. The smallest absolute Gasteiger partial charge is 0.246 e. The number of guanidine groups is 1. The predicted octanol–water partition coefficient (Wildman–Crippen LogP) is 0.315. The van der Waals surface area contributed by atoms with E-state index in [1.807, 2.05) is 25.1 Å². The molecule has 1 amide bonds. The molecule has 1 aliphatic rings. The lowest BCUT2D eigenvalue weighted by Gasteiger charge is -2.35. The van der Waals surface area contributed by atoms with Gasteiger partial charge < -0.3 is 24.6 Å². The molecule has 1 saturated heterocycles. The Labute approximate surface area is 171 Å². The number of piperazine rings is 1. The van der Waals surface area contributed by atoms with Crippen LogP contribution in [0.3, 0.4) is 0 Å². The van der Waals surface area contributed by atoms with Crippen molar-refractivity contribution in [3.8, 4) is 0 Å². The average molecular weight is 480 g/mol. The second-order valence-electron chi connectivity index (χ2n) is 5.68. The first-order valence-electron chi connectivity index (χ1n) is 8.54. The largest absolute Gasteiger partial charge is 0.382 e. The molecule has 0 saturated carbocycles. The van der Waals surface area contributed by atoms with Crippen molar-refractivity contribution in [2.24, 2.45) is 12.0 Å². The molecule has 1 aromatic heterocycles. The van der Waals surface area contributed by atoms with E-state index < -0.39 is 0 Å². The van der Waals surface area contributed by atoms with Crippen LogP contribution in [0.2, 0.25) is 0 Å². The molecule has 0 radical (unpaired) electrons. The van der Waals surface area contributed by atoms with Crippen LogP contribution in [0.1, 0.15) is 6.92 Å². The first-order valence-corrected chi connectivity index (χ1v) is 8.54. The number of hydrogen-bond acceptors (Lipinski definition) is 5. The van der Waals surface area contributed by atoms with Gasteiger partial charge in [-0.15, -0.1) is 24.0 Å². The number of carbonyl (C=O) groups is 1. The molecule has 0 aliphatic carbocycles. The van der Waals surface area contributed by atoms with Crippen LogP contribution in [-0.2, 0) is 21.3 Å². The number of nitrogens with one attached hydrogen (secondary N) is 1. The van der Waals surface area contributed by atoms with Gasteiger partial charge in [0, 0.05) is 40.0 Å². The molecular weight excluding hydrogens is 451 g/mol. The molecule has 0 spiro atoms. The number of anilines is 1. The van der Waals surface area contributed by atoms with Crippen LogP contribution in [0, 0.1) is 0 Å². The zero-order valence-electron chi connectivity index (χ0n) is 15.7. The Morgan fingerprint density at radius 3 is 2.77 bits per heavy atom. The number of aromatic nitrogens is 2. The van der Waals surface area contributed by atoms with Crippen LogP contribution in [0.25, 0.3) is 0 Å². The third kappa shape index (κ3) is 6.72. The Kier molecular flexibility index (Phi) is 10.5. The number of aryl methyl sites for hydroxylation is 1. The Hall–Kier alpha value is -1.40. The Morgan fingerprint density at radius 1 is 1.35 bits per heavy atom. The third-order valence-corrected chi connectivity index (χ3v) is 3.79. The lowest BCUT2D eigenvalue weighted by molar-refractivity contribution is -0.120. The van der Waals surface area contributed by atoms with Crippen LogP contribution >= 0.6 is 24.0 Å². The molecule has 10 heteroatoms. The zero-order valence-corrected chi connectivity index (χ0v) is 18.0. The lowest BCUT2D eigenvalue weighted by atomic mass is 10.3. The summed E-state index contributed by atoms with van der Waals surface area (Å²) in [7, 11) is 3.49. The van der Waals surface area contributed by atoms with Crippen molar-refractivity contribution in [2.45, 2.75) is 6.92 Å². The fourth-order valence-electron chi connectivity index (χ4n) is 2.56. The summed E-state index contributed by atoms with van der Waals surface area (Å²) in [5, 5.41) is 7.37. The van der Waals surface area contributed by atoms with Crippen molar-refractivity contribution in [1.82, 2.24) is 20.0 Å². The SMILES string of the molecule is CCNC(=NCCOCCOC)N1CCN(c2cnn(C)c2)C(=O)C1.I. The number of halogens is 1. The topological polar surface area (TPSA) is 84.2 Å². The highest BCUT2D eigenvalue weighted by molar-refractivity contribution is 14.0. The van der Waals surface area contributed by atoms with Gasteiger partial charge in [0.15, 0.2) is 5.96 Å². The van der Waals surface area contributed by atoms with Gasteiger partial charge in [-0.3, -0.25) is 14.5 Å². The first-order chi connectivity index (χ1) is 12.2. The van der Waals surface area contributed by atoms with Crippen LogP contribution in [0.5, 0.6) is 0 Å². The maximum Gasteiger partial charge on any atom is 0.246 e. The van der Waals surface area contributed by atoms with Gasteiger partial charge in [-0.25, -0.2) is 0 Å². The van der Waals surface area contributed by atoms with Crippen molar-refractivity contribution >= 4 is 41.5 Å². The molecule has 2 heterocycles. The molecule has 0 atom stereocenters. The van der Waals surface area contributed by atoms with E-state index in [4.69, 9.17) is 9.47 Å². The van der Waals surface area contributed by atoms with Crippen molar-refractivity contribution < 1.29 is 14.3 Å². The van der Waals surface area contributed by atoms with Crippen LogP contribution in [-0.4, -0.2) is 86.2 Å². The summed E-state index contributed by atoms with van der Waals surface area (Å²) < 4.78 is 12.1. The van der Waals surface area contributed by atoms with E-state index in [0.29, 0.717) is 39.5 Å². The number of ether oxygens (including phenoxy) is 2. The summed E-state index contributed by atoms with van der Waals surface area (Å²) in [4.78, 5) is 20.8. The minimum absolute atomic E-state index is 0. The molecule has 1 aliphatic heterocycles. The Morgan fingerprint density at radius 2 is 2.15 bits per heavy atom. The first kappa shape index (κ1) is 22.6. The van der Waals surface area contributed by atoms with E-state index >= 15 is 0 Å². The number of hydrogen-bond donors (Lipinski definition) is 1. The molecule has 1 aromatic rings. The maximum atomic E-state index is 12.5. The summed E-state index contributed by atoms with van der Waals surface area (Å²) in [6.45, 7) is 6.60. The fraction of sp³-hybridized carbons (Fsp3) is 0.688. The molecule has 1 N–H and O–H groups in total. The van der Waals surface area contributed by atoms with E-state index in [1.54, 1.807) is 22.9 Å². The van der Waals surface area contributed by atoms with Gasteiger partial charge >= 0.3 is 0 Å². The van der Waals surface area contributed by atoms with Crippen molar-refractivity contribution in [3.05, 3.63) is 12.4 Å². The van der Waals surface area contributed by atoms with Crippen molar-refractivity contribution in [2.75, 3.05) is 64.6 Å². The monoisotopic (exact) mass is 480 g/mol. The van der Waals surface area contributed by atoms with Gasteiger partial charge in [0.05, 0.1) is 38.2 Å². The lowest BCUT2D eigenvalue weighted by Crippen LogP contribution is -2.55. The fourth-order valence-corrected chi connectivity index (χ4v) is 2.56. The highest BCUT2D eigenvalue weighted by atomic mass is 127. The molecule has 0 aromatic carbocycles. The van der Waals surface area contributed by atoms with E-state index in [9.17, 15) is 4.79 Å². The van der Waals surface area contributed by atoms with Gasteiger partial charge in [-0.05, 0) is 6.92 Å². The molecule has 1 fully saturated rings. The molecule has 2 rings (SSSR count). The molecule has 26 heavy (non-hydrogen) atoms. The summed E-state index contributed by atoms with van der Waals surface area (Å²) >= 11 is 0. The predicted molar refractivity (Wildman–Crippen MR) is 111 cm³/mol. The van der Waals surface area contributed by atoms with Crippen LogP contribution in [0.15, 0.2) is 17.4 Å². The summed E-state index contributed by atoms with van der Waals surface area (Å²) in [6, 6.07) is 0. The van der Waals surface area contributed by atoms with Crippen LogP contribution < -0.4 is 10.2 Å². The number of carbonyl (C=O) groups excluding carboxylic acids is 1. The van der Waals surface area contributed by atoms with E-state index in [0.717, 1.165) is 24.7 Å². The molecule has 148 valence electrons. The number of methoxy groups -OCH3 is 1. The highest BCUT2D eigenvalue weighted by Gasteiger charge is 2.27. The van der Waals surface area contributed by atoms with Crippen molar-refractivity contribution in [1.29, 1.82) is 0 Å². The summed E-state index contributed by atoms with van der Waals surface area (Å²) in [6.07, 6.45) is 3.56. The van der Waals surface area contributed by atoms with Gasteiger partial charge in [0.1, 0.15) is 6.54 Å².